The molecule has 0 unspecified atom stereocenters. The number of amides is 1. The third-order valence-electron chi connectivity index (χ3n) is 3.83. The summed E-state index contributed by atoms with van der Waals surface area (Å²) >= 11 is 6.20. The zero-order valence-electron chi connectivity index (χ0n) is 15.0. The molecule has 0 bridgehead atoms. The number of anilines is 2. The van der Waals surface area contributed by atoms with E-state index in [1.54, 1.807) is 48.8 Å². The zero-order chi connectivity index (χ0) is 19.9. The molecule has 3 aromatic rings. The van der Waals surface area contributed by atoms with Gasteiger partial charge in [-0.25, -0.2) is 4.79 Å². The number of aromatic nitrogens is 2. The minimum atomic E-state index is -0.468. The molecule has 142 valence electrons. The van der Waals surface area contributed by atoms with Gasteiger partial charge in [-0.15, -0.1) is 0 Å². The van der Waals surface area contributed by atoms with Crippen molar-refractivity contribution in [2.24, 2.45) is 0 Å². The number of hydrogen-bond acceptors (Lipinski definition) is 6. The molecule has 0 atom stereocenters. The van der Waals surface area contributed by atoms with Gasteiger partial charge < -0.3 is 15.4 Å². The Labute approximate surface area is 166 Å². The molecule has 0 saturated carbocycles. The first kappa shape index (κ1) is 19.3. The molecule has 3 rings (SSSR count). The standard InChI is InChI=1S/C20H17ClN4O3/c1-28-20(27)14-4-5-16(21)17(9-14)25-15-6-8-23-18(10-15)19(26)24-12-13-3-2-7-22-11-13/h2-11H,12H2,1H3,(H,23,25)(H,24,26). The van der Waals surface area contributed by atoms with E-state index in [0.29, 0.717) is 28.5 Å². The summed E-state index contributed by atoms with van der Waals surface area (Å²) in [5.74, 6) is -0.785. The van der Waals surface area contributed by atoms with Gasteiger partial charge in [0.2, 0.25) is 0 Å². The second-order valence-electron chi connectivity index (χ2n) is 5.78. The topological polar surface area (TPSA) is 93.2 Å². The molecule has 2 aromatic heterocycles. The van der Waals surface area contributed by atoms with Crippen LogP contribution in [0.2, 0.25) is 5.02 Å². The van der Waals surface area contributed by atoms with E-state index in [1.165, 1.54) is 13.3 Å². The molecular weight excluding hydrogens is 380 g/mol. The Bertz CT molecular complexity index is 996. The van der Waals surface area contributed by atoms with Crippen LogP contribution in [0.3, 0.4) is 0 Å². The van der Waals surface area contributed by atoms with Crippen LogP contribution in [-0.4, -0.2) is 29.0 Å². The Balaban J connectivity index is 1.73. The molecule has 1 aromatic carbocycles. The smallest absolute Gasteiger partial charge is 0.337 e. The summed E-state index contributed by atoms with van der Waals surface area (Å²) in [7, 11) is 1.31. The van der Waals surface area contributed by atoms with Crippen LogP contribution in [0.4, 0.5) is 11.4 Å². The van der Waals surface area contributed by atoms with Gasteiger partial charge in [0.25, 0.3) is 5.91 Å². The fourth-order valence-corrected chi connectivity index (χ4v) is 2.59. The minimum absolute atomic E-state index is 0.245. The highest BCUT2D eigenvalue weighted by Gasteiger charge is 2.11. The van der Waals surface area contributed by atoms with Crippen LogP contribution < -0.4 is 10.6 Å². The lowest BCUT2D eigenvalue weighted by atomic mass is 10.2. The third-order valence-corrected chi connectivity index (χ3v) is 4.16. The number of ether oxygens (including phenoxy) is 1. The van der Waals surface area contributed by atoms with Gasteiger partial charge in [0.05, 0.1) is 23.4 Å². The Kier molecular flexibility index (Phi) is 6.18. The summed E-state index contributed by atoms with van der Waals surface area (Å²) in [6.45, 7) is 0.346. The lowest BCUT2D eigenvalue weighted by Crippen LogP contribution is -2.23. The van der Waals surface area contributed by atoms with E-state index in [-0.39, 0.29) is 11.6 Å². The SMILES string of the molecule is COC(=O)c1ccc(Cl)c(Nc2ccnc(C(=O)NCc3cccnc3)c2)c1. The molecule has 0 fully saturated rings. The predicted octanol–water partition coefficient (Wildman–Crippen LogP) is 3.59. The molecule has 2 heterocycles. The minimum Gasteiger partial charge on any atom is -0.465 e. The molecule has 0 aliphatic heterocycles. The fourth-order valence-electron chi connectivity index (χ4n) is 2.43. The van der Waals surface area contributed by atoms with Crippen LogP contribution in [0.5, 0.6) is 0 Å². The van der Waals surface area contributed by atoms with Gasteiger partial charge in [-0.1, -0.05) is 17.7 Å². The first-order valence-electron chi connectivity index (χ1n) is 8.35. The number of carbonyl (C=O) groups excluding carboxylic acids is 2. The van der Waals surface area contributed by atoms with Crippen LogP contribution in [-0.2, 0) is 11.3 Å². The second-order valence-corrected chi connectivity index (χ2v) is 6.19. The molecule has 1 amide bonds. The maximum Gasteiger partial charge on any atom is 0.337 e. The Morgan fingerprint density at radius 1 is 1.14 bits per heavy atom. The van der Waals surface area contributed by atoms with Crippen molar-refractivity contribution in [3.8, 4) is 0 Å². The molecule has 0 saturated heterocycles. The van der Waals surface area contributed by atoms with E-state index >= 15 is 0 Å². The molecule has 7 nitrogen and oxygen atoms in total. The molecule has 2 N–H and O–H groups in total. The van der Waals surface area contributed by atoms with E-state index < -0.39 is 5.97 Å². The van der Waals surface area contributed by atoms with E-state index in [1.807, 2.05) is 6.07 Å². The number of esters is 1. The molecule has 0 aliphatic rings. The third kappa shape index (κ3) is 4.83. The van der Waals surface area contributed by atoms with Gasteiger partial charge in [0.15, 0.2) is 0 Å². The predicted molar refractivity (Wildman–Crippen MR) is 106 cm³/mol. The molecule has 0 spiro atoms. The van der Waals surface area contributed by atoms with E-state index in [9.17, 15) is 9.59 Å². The zero-order valence-corrected chi connectivity index (χ0v) is 15.7. The average Bonchev–Trinajstić information content (AvgIpc) is 2.74. The van der Waals surface area contributed by atoms with Gasteiger partial charge in [0.1, 0.15) is 5.69 Å². The van der Waals surface area contributed by atoms with Crippen molar-refractivity contribution in [3.63, 3.8) is 0 Å². The molecule has 28 heavy (non-hydrogen) atoms. The Hall–Kier alpha value is -3.45. The molecule has 0 aliphatic carbocycles. The molecule has 8 heteroatoms. The van der Waals surface area contributed by atoms with E-state index in [4.69, 9.17) is 16.3 Å². The summed E-state index contributed by atoms with van der Waals surface area (Å²) in [5, 5.41) is 6.31. The second kappa shape index (κ2) is 8.96. The van der Waals surface area contributed by atoms with Crippen LogP contribution in [0, 0.1) is 0 Å². The van der Waals surface area contributed by atoms with Crippen molar-refractivity contribution in [2.75, 3.05) is 12.4 Å². The van der Waals surface area contributed by atoms with Crippen molar-refractivity contribution < 1.29 is 14.3 Å². The highest BCUT2D eigenvalue weighted by Crippen LogP contribution is 2.27. The van der Waals surface area contributed by atoms with Crippen molar-refractivity contribution in [1.82, 2.24) is 15.3 Å². The van der Waals surface area contributed by atoms with Crippen molar-refractivity contribution >= 4 is 34.9 Å². The summed E-state index contributed by atoms with van der Waals surface area (Å²) < 4.78 is 4.72. The van der Waals surface area contributed by atoms with E-state index in [0.717, 1.165) is 5.56 Å². The molecule has 0 radical (unpaired) electrons. The Morgan fingerprint density at radius 3 is 2.75 bits per heavy atom. The number of pyridine rings is 2. The highest BCUT2D eigenvalue weighted by atomic mass is 35.5. The number of hydrogen-bond donors (Lipinski definition) is 2. The first-order valence-corrected chi connectivity index (χ1v) is 8.72. The highest BCUT2D eigenvalue weighted by molar-refractivity contribution is 6.33. The van der Waals surface area contributed by atoms with Crippen molar-refractivity contribution in [2.45, 2.75) is 6.54 Å². The number of carbonyl (C=O) groups is 2. The first-order chi connectivity index (χ1) is 13.6. The van der Waals surface area contributed by atoms with Gasteiger partial charge >= 0.3 is 5.97 Å². The monoisotopic (exact) mass is 396 g/mol. The van der Waals surface area contributed by atoms with Gasteiger partial charge in [0, 0.05) is 30.8 Å². The van der Waals surface area contributed by atoms with Crippen molar-refractivity contribution in [3.05, 3.63) is 82.9 Å². The van der Waals surface area contributed by atoms with Crippen LogP contribution in [0.25, 0.3) is 0 Å². The van der Waals surface area contributed by atoms with Crippen molar-refractivity contribution in [1.29, 1.82) is 0 Å². The number of benzene rings is 1. The number of rotatable bonds is 6. The van der Waals surface area contributed by atoms with E-state index in [2.05, 4.69) is 20.6 Å². The summed E-state index contributed by atoms with van der Waals surface area (Å²) in [5.41, 5.74) is 2.60. The summed E-state index contributed by atoms with van der Waals surface area (Å²) in [6.07, 6.45) is 4.86. The summed E-state index contributed by atoms with van der Waals surface area (Å²) in [4.78, 5) is 32.2. The number of nitrogens with one attached hydrogen (secondary N) is 2. The fraction of sp³-hybridized carbons (Fsp3) is 0.100. The van der Waals surface area contributed by atoms with Gasteiger partial charge in [-0.3, -0.25) is 14.8 Å². The maximum absolute atomic E-state index is 12.4. The van der Waals surface area contributed by atoms with Crippen LogP contribution in [0.1, 0.15) is 26.4 Å². The lowest BCUT2D eigenvalue weighted by molar-refractivity contribution is 0.0600. The van der Waals surface area contributed by atoms with Crippen LogP contribution >= 0.6 is 11.6 Å². The average molecular weight is 397 g/mol. The summed E-state index contributed by atoms with van der Waals surface area (Å²) in [6, 6.07) is 11.7. The van der Waals surface area contributed by atoms with Gasteiger partial charge in [-0.05, 0) is 42.0 Å². The molecular formula is C20H17ClN4O3. The number of methoxy groups -OCH3 is 1. The van der Waals surface area contributed by atoms with Crippen LogP contribution in [0.15, 0.2) is 61.1 Å². The number of halogens is 1. The largest absolute Gasteiger partial charge is 0.465 e. The quantitative estimate of drug-likeness (QED) is 0.618. The Morgan fingerprint density at radius 2 is 2.00 bits per heavy atom. The lowest BCUT2D eigenvalue weighted by Gasteiger charge is -2.11. The maximum atomic E-state index is 12.4. The number of nitrogens with zero attached hydrogens (tertiary/aromatic N) is 2. The van der Waals surface area contributed by atoms with Gasteiger partial charge in [-0.2, -0.15) is 0 Å². The normalized spacial score (nSPS) is 10.2.